The molecule has 1 heterocycles. The minimum Gasteiger partial charge on any atom is -0.482 e. The van der Waals surface area contributed by atoms with Crippen molar-refractivity contribution in [3.63, 3.8) is 0 Å². The maximum atomic E-state index is 11.9. The van der Waals surface area contributed by atoms with Gasteiger partial charge in [-0.2, -0.15) is 0 Å². The monoisotopic (exact) mass is 415 g/mol. The predicted molar refractivity (Wildman–Crippen MR) is 119 cm³/mol. The number of unbranched alkanes of at least 4 members (excludes halogenated alkanes) is 1. The molecule has 0 spiro atoms. The molecular formula is C23H30ClN3O2. The van der Waals surface area contributed by atoms with Gasteiger partial charge < -0.3 is 15.0 Å². The summed E-state index contributed by atoms with van der Waals surface area (Å²) in [5.74, 6) is 0.422. The van der Waals surface area contributed by atoms with E-state index in [1.807, 2.05) is 12.1 Å². The zero-order valence-electron chi connectivity index (χ0n) is 17.1. The van der Waals surface area contributed by atoms with E-state index in [0.29, 0.717) is 17.3 Å². The molecule has 0 bridgehead atoms. The van der Waals surface area contributed by atoms with Gasteiger partial charge >= 0.3 is 0 Å². The molecule has 0 unspecified atom stereocenters. The van der Waals surface area contributed by atoms with Crippen molar-refractivity contribution in [2.45, 2.75) is 19.8 Å². The molecule has 29 heavy (non-hydrogen) atoms. The highest BCUT2D eigenvalue weighted by Crippen LogP contribution is 2.22. The highest BCUT2D eigenvalue weighted by atomic mass is 35.5. The number of halogens is 1. The van der Waals surface area contributed by atoms with Crippen LogP contribution < -0.4 is 15.0 Å². The standard InChI is InChI=1S/C23H30ClN3O2/c1-19-7-6-8-20(17-19)27-15-13-26(14-16-27)12-5-4-11-25-23(28)18-29-22-10-3-2-9-21(22)24/h2-3,6-10,17H,4-5,11-16,18H2,1H3,(H,25,28). The summed E-state index contributed by atoms with van der Waals surface area (Å²) >= 11 is 6.01. The van der Waals surface area contributed by atoms with Gasteiger partial charge in [0.15, 0.2) is 6.61 Å². The Hall–Kier alpha value is -2.24. The van der Waals surface area contributed by atoms with Crippen molar-refractivity contribution in [3.8, 4) is 5.75 Å². The fraction of sp³-hybridized carbons (Fsp3) is 0.435. The van der Waals surface area contributed by atoms with E-state index in [1.165, 1.54) is 11.3 Å². The normalized spacial score (nSPS) is 14.6. The molecule has 6 heteroatoms. The second kappa shape index (κ2) is 11.1. The molecule has 2 aromatic carbocycles. The van der Waals surface area contributed by atoms with Gasteiger partial charge in [-0.15, -0.1) is 0 Å². The molecule has 1 N–H and O–H groups in total. The fourth-order valence-corrected chi connectivity index (χ4v) is 3.69. The molecule has 0 atom stereocenters. The van der Waals surface area contributed by atoms with Crippen molar-refractivity contribution in [1.82, 2.24) is 10.2 Å². The lowest BCUT2D eigenvalue weighted by molar-refractivity contribution is -0.123. The Morgan fingerprint density at radius 3 is 2.62 bits per heavy atom. The molecule has 0 aliphatic carbocycles. The van der Waals surface area contributed by atoms with Crippen molar-refractivity contribution >= 4 is 23.2 Å². The van der Waals surface area contributed by atoms with Crippen LogP contribution in [0.4, 0.5) is 5.69 Å². The van der Waals surface area contributed by atoms with Crippen LogP contribution in [0.15, 0.2) is 48.5 Å². The number of nitrogens with one attached hydrogen (secondary N) is 1. The van der Waals surface area contributed by atoms with Gasteiger partial charge in [0.25, 0.3) is 5.91 Å². The average molecular weight is 416 g/mol. The first-order valence-corrected chi connectivity index (χ1v) is 10.7. The summed E-state index contributed by atoms with van der Waals surface area (Å²) in [5.41, 5.74) is 2.63. The molecule has 1 fully saturated rings. The van der Waals surface area contributed by atoms with Crippen LogP contribution in [-0.4, -0.2) is 56.7 Å². The van der Waals surface area contributed by atoms with Crippen LogP contribution in [0.2, 0.25) is 5.02 Å². The van der Waals surface area contributed by atoms with E-state index in [0.717, 1.165) is 45.6 Å². The number of benzene rings is 2. The third kappa shape index (κ3) is 6.94. The highest BCUT2D eigenvalue weighted by molar-refractivity contribution is 6.32. The topological polar surface area (TPSA) is 44.8 Å². The Balaban J connectivity index is 1.25. The SMILES string of the molecule is Cc1cccc(N2CCN(CCCCNC(=O)COc3ccccc3Cl)CC2)c1. The van der Waals surface area contributed by atoms with Gasteiger partial charge in [0.05, 0.1) is 5.02 Å². The van der Waals surface area contributed by atoms with Crippen molar-refractivity contribution in [1.29, 1.82) is 0 Å². The van der Waals surface area contributed by atoms with E-state index in [2.05, 4.69) is 46.3 Å². The van der Waals surface area contributed by atoms with Crippen LogP contribution in [0.25, 0.3) is 0 Å². The molecule has 2 aromatic rings. The number of hydrogen-bond acceptors (Lipinski definition) is 4. The first-order chi connectivity index (χ1) is 14.1. The second-order valence-corrected chi connectivity index (χ2v) is 7.85. The zero-order chi connectivity index (χ0) is 20.5. The quantitative estimate of drug-likeness (QED) is 0.633. The third-order valence-electron chi connectivity index (χ3n) is 5.16. The first-order valence-electron chi connectivity index (χ1n) is 10.3. The number of amides is 1. The number of nitrogens with zero attached hydrogens (tertiary/aromatic N) is 2. The summed E-state index contributed by atoms with van der Waals surface area (Å²) in [5, 5.41) is 3.43. The second-order valence-electron chi connectivity index (χ2n) is 7.44. The lowest BCUT2D eigenvalue weighted by Gasteiger charge is -2.36. The van der Waals surface area contributed by atoms with Gasteiger partial charge in [-0.3, -0.25) is 9.69 Å². The zero-order valence-corrected chi connectivity index (χ0v) is 17.8. The lowest BCUT2D eigenvalue weighted by atomic mass is 10.2. The van der Waals surface area contributed by atoms with Gasteiger partial charge in [0.2, 0.25) is 0 Å². The van der Waals surface area contributed by atoms with E-state index < -0.39 is 0 Å². The predicted octanol–water partition coefficient (Wildman–Crippen LogP) is 3.75. The molecule has 1 aliphatic rings. The van der Waals surface area contributed by atoms with Crippen LogP contribution >= 0.6 is 11.6 Å². The van der Waals surface area contributed by atoms with Crippen LogP contribution in [-0.2, 0) is 4.79 Å². The number of anilines is 1. The van der Waals surface area contributed by atoms with Crippen LogP contribution in [0, 0.1) is 6.92 Å². The number of hydrogen-bond donors (Lipinski definition) is 1. The fourth-order valence-electron chi connectivity index (χ4n) is 3.50. The number of rotatable bonds is 9. The summed E-state index contributed by atoms with van der Waals surface area (Å²) in [6.45, 7) is 8.20. The molecule has 1 saturated heterocycles. The maximum Gasteiger partial charge on any atom is 0.257 e. The number of piperazine rings is 1. The Morgan fingerprint density at radius 2 is 1.86 bits per heavy atom. The molecular weight excluding hydrogens is 386 g/mol. The number of para-hydroxylation sites is 1. The van der Waals surface area contributed by atoms with Crippen molar-refractivity contribution in [2.75, 3.05) is 50.8 Å². The number of aryl methyl sites for hydroxylation is 1. The van der Waals surface area contributed by atoms with Gasteiger partial charge in [-0.05, 0) is 56.1 Å². The van der Waals surface area contributed by atoms with E-state index in [1.54, 1.807) is 12.1 Å². The van der Waals surface area contributed by atoms with Crippen molar-refractivity contribution < 1.29 is 9.53 Å². The Morgan fingerprint density at radius 1 is 1.07 bits per heavy atom. The molecule has 156 valence electrons. The Labute approximate surface area is 178 Å². The molecule has 1 amide bonds. The van der Waals surface area contributed by atoms with Crippen LogP contribution in [0.5, 0.6) is 5.75 Å². The molecule has 0 radical (unpaired) electrons. The van der Waals surface area contributed by atoms with E-state index >= 15 is 0 Å². The molecule has 0 aromatic heterocycles. The molecule has 3 rings (SSSR count). The maximum absolute atomic E-state index is 11.9. The summed E-state index contributed by atoms with van der Waals surface area (Å²) in [6.07, 6.45) is 2.05. The van der Waals surface area contributed by atoms with Gasteiger partial charge in [-0.25, -0.2) is 0 Å². The van der Waals surface area contributed by atoms with E-state index in [-0.39, 0.29) is 12.5 Å². The van der Waals surface area contributed by atoms with Gasteiger partial charge in [0.1, 0.15) is 5.75 Å². The Kier molecular flexibility index (Phi) is 8.20. The minimum atomic E-state index is -0.114. The van der Waals surface area contributed by atoms with E-state index in [4.69, 9.17) is 16.3 Å². The van der Waals surface area contributed by atoms with Crippen molar-refractivity contribution in [2.24, 2.45) is 0 Å². The Bertz CT molecular complexity index is 791. The summed E-state index contributed by atoms with van der Waals surface area (Å²) in [4.78, 5) is 16.9. The first kappa shape index (κ1) is 21.5. The number of carbonyl (C=O) groups excluding carboxylic acids is 1. The highest BCUT2D eigenvalue weighted by Gasteiger charge is 2.16. The van der Waals surface area contributed by atoms with Gasteiger partial charge in [0, 0.05) is 38.4 Å². The van der Waals surface area contributed by atoms with Crippen molar-refractivity contribution in [3.05, 3.63) is 59.1 Å². The minimum absolute atomic E-state index is 0.00927. The van der Waals surface area contributed by atoms with E-state index in [9.17, 15) is 4.79 Å². The summed E-state index contributed by atoms with van der Waals surface area (Å²) in [7, 11) is 0. The smallest absolute Gasteiger partial charge is 0.257 e. The number of ether oxygens (including phenoxy) is 1. The largest absolute Gasteiger partial charge is 0.482 e. The summed E-state index contributed by atoms with van der Waals surface area (Å²) < 4.78 is 5.45. The average Bonchev–Trinajstić information content (AvgIpc) is 2.73. The third-order valence-corrected chi connectivity index (χ3v) is 5.47. The summed E-state index contributed by atoms with van der Waals surface area (Å²) in [6, 6.07) is 15.9. The molecule has 0 saturated carbocycles. The van der Waals surface area contributed by atoms with Crippen LogP contribution in [0.3, 0.4) is 0 Å². The number of carbonyl (C=O) groups is 1. The molecule has 1 aliphatic heterocycles. The molecule has 5 nitrogen and oxygen atoms in total. The van der Waals surface area contributed by atoms with Crippen LogP contribution in [0.1, 0.15) is 18.4 Å². The van der Waals surface area contributed by atoms with Gasteiger partial charge in [-0.1, -0.05) is 35.9 Å². The lowest BCUT2D eigenvalue weighted by Crippen LogP contribution is -2.46.